The summed E-state index contributed by atoms with van der Waals surface area (Å²) >= 11 is 0. The summed E-state index contributed by atoms with van der Waals surface area (Å²) in [5.41, 5.74) is 7.48. The first-order valence-electron chi connectivity index (χ1n) is 12.0. The standard InChI is InChI=1S/C25H28F3N9/c1-13-11-37(12-14(2)34-13)21-5-4-16(7-30-21)15(3)35-24-33-10-20(29)22(36-24)19-9-32-23-18(19)6-17(8-31-23)25(26,27)28/h4-10,13-15,34H,11-12,29H2,1-3H3,(H,31,32)(H,33,35,36)/t13-,14+,15-/m1/s1. The predicted octanol–water partition coefficient (Wildman–Crippen LogP) is 4.38. The Morgan fingerprint density at radius 2 is 1.84 bits per heavy atom. The molecular weight excluding hydrogens is 483 g/mol. The van der Waals surface area contributed by atoms with Crippen molar-refractivity contribution in [2.75, 3.05) is 29.0 Å². The topological polar surface area (TPSA) is 121 Å². The Labute approximate surface area is 211 Å². The van der Waals surface area contributed by atoms with Crippen LogP contribution in [0.25, 0.3) is 22.3 Å². The molecule has 1 fully saturated rings. The second-order valence-electron chi connectivity index (χ2n) is 9.51. The summed E-state index contributed by atoms with van der Waals surface area (Å²) < 4.78 is 39.7. The molecule has 37 heavy (non-hydrogen) atoms. The van der Waals surface area contributed by atoms with E-state index in [1.807, 2.05) is 25.3 Å². The second kappa shape index (κ2) is 9.51. The molecule has 4 aromatic rings. The van der Waals surface area contributed by atoms with Gasteiger partial charge < -0.3 is 26.3 Å². The van der Waals surface area contributed by atoms with Crippen LogP contribution in [-0.4, -0.2) is 50.1 Å². The molecule has 5 rings (SSSR count). The maximum absolute atomic E-state index is 13.2. The Kier molecular flexibility index (Phi) is 6.36. The smallest absolute Gasteiger partial charge is 0.396 e. The van der Waals surface area contributed by atoms with Crippen molar-refractivity contribution in [1.82, 2.24) is 30.2 Å². The number of H-pyrrole nitrogens is 1. The number of pyridine rings is 2. The minimum Gasteiger partial charge on any atom is -0.396 e. The highest BCUT2D eigenvalue weighted by Crippen LogP contribution is 2.35. The number of halogens is 3. The number of anilines is 3. The number of aromatic nitrogens is 5. The van der Waals surface area contributed by atoms with Crippen LogP contribution in [0.2, 0.25) is 0 Å². The van der Waals surface area contributed by atoms with E-state index in [0.717, 1.165) is 36.7 Å². The van der Waals surface area contributed by atoms with Crippen LogP contribution in [0.1, 0.15) is 37.9 Å². The molecule has 9 nitrogen and oxygen atoms in total. The van der Waals surface area contributed by atoms with Crippen LogP contribution < -0.4 is 21.3 Å². The Morgan fingerprint density at radius 3 is 2.51 bits per heavy atom. The molecule has 4 aromatic heterocycles. The molecular formula is C25H28F3N9. The van der Waals surface area contributed by atoms with Gasteiger partial charge in [-0.05, 0) is 38.5 Å². The molecule has 12 heteroatoms. The fraction of sp³-hybridized carbons (Fsp3) is 0.360. The Bertz CT molecular complexity index is 1390. The van der Waals surface area contributed by atoms with E-state index < -0.39 is 11.7 Å². The summed E-state index contributed by atoms with van der Waals surface area (Å²) in [6, 6.07) is 5.65. The highest BCUT2D eigenvalue weighted by Gasteiger charge is 2.31. The second-order valence-corrected chi connectivity index (χ2v) is 9.51. The molecule has 0 spiro atoms. The molecule has 1 aliphatic heterocycles. The molecule has 3 atom stereocenters. The van der Waals surface area contributed by atoms with Crippen LogP contribution in [0.4, 0.5) is 30.6 Å². The number of nitrogens with zero attached hydrogens (tertiary/aromatic N) is 5. The number of nitrogens with one attached hydrogen (secondary N) is 3. The molecule has 0 radical (unpaired) electrons. The van der Waals surface area contributed by atoms with Gasteiger partial charge >= 0.3 is 6.18 Å². The van der Waals surface area contributed by atoms with Crippen molar-refractivity contribution in [3.05, 3.63) is 54.1 Å². The Balaban J connectivity index is 1.37. The van der Waals surface area contributed by atoms with Gasteiger partial charge in [-0.15, -0.1) is 0 Å². The lowest BCUT2D eigenvalue weighted by molar-refractivity contribution is -0.137. The fourth-order valence-corrected chi connectivity index (χ4v) is 4.66. The third-order valence-corrected chi connectivity index (χ3v) is 6.43. The molecule has 5 N–H and O–H groups in total. The maximum Gasteiger partial charge on any atom is 0.417 e. The molecule has 5 heterocycles. The molecule has 1 saturated heterocycles. The fourth-order valence-electron chi connectivity index (χ4n) is 4.66. The van der Waals surface area contributed by atoms with Gasteiger partial charge in [0.05, 0.1) is 23.5 Å². The zero-order valence-corrected chi connectivity index (χ0v) is 20.6. The number of nitrogen functional groups attached to an aromatic ring is 1. The van der Waals surface area contributed by atoms with Gasteiger partial charge in [-0.2, -0.15) is 13.2 Å². The quantitative estimate of drug-likeness (QED) is 0.312. The average Bonchev–Trinajstić information content (AvgIpc) is 3.27. The van der Waals surface area contributed by atoms with E-state index in [-0.39, 0.29) is 17.1 Å². The van der Waals surface area contributed by atoms with Gasteiger partial charge in [0.1, 0.15) is 17.2 Å². The van der Waals surface area contributed by atoms with Gasteiger partial charge in [0.25, 0.3) is 0 Å². The molecule has 0 unspecified atom stereocenters. The van der Waals surface area contributed by atoms with Crippen LogP contribution in [0.3, 0.4) is 0 Å². The first kappa shape index (κ1) is 24.8. The molecule has 1 aliphatic rings. The molecule has 0 bridgehead atoms. The third-order valence-electron chi connectivity index (χ3n) is 6.43. The lowest BCUT2D eigenvalue weighted by Crippen LogP contribution is -2.54. The van der Waals surface area contributed by atoms with Gasteiger partial charge in [-0.3, -0.25) is 0 Å². The van der Waals surface area contributed by atoms with Crippen LogP contribution in [0, 0.1) is 0 Å². The van der Waals surface area contributed by atoms with E-state index in [4.69, 9.17) is 5.73 Å². The number of piperazine rings is 1. The van der Waals surface area contributed by atoms with Gasteiger partial charge in [-0.1, -0.05) is 6.07 Å². The van der Waals surface area contributed by atoms with Crippen molar-refractivity contribution >= 4 is 28.5 Å². The van der Waals surface area contributed by atoms with Crippen molar-refractivity contribution in [3.8, 4) is 11.3 Å². The van der Waals surface area contributed by atoms with Crippen LogP contribution in [0.15, 0.2) is 43.0 Å². The molecule has 0 aromatic carbocycles. The lowest BCUT2D eigenvalue weighted by Gasteiger charge is -2.37. The summed E-state index contributed by atoms with van der Waals surface area (Å²) in [7, 11) is 0. The Morgan fingerprint density at radius 1 is 1.08 bits per heavy atom. The monoisotopic (exact) mass is 511 g/mol. The summed E-state index contributed by atoms with van der Waals surface area (Å²) in [6.07, 6.45) is 1.09. The number of rotatable bonds is 5. The van der Waals surface area contributed by atoms with Crippen molar-refractivity contribution in [3.63, 3.8) is 0 Å². The van der Waals surface area contributed by atoms with E-state index in [1.54, 1.807) is 6.20 Å². The average molecular weight is 512 g/mol. The zero-order chi connectivity index (χ0) is 26.3. The van der Waals surface area contributed by atoms with Crippen LogP contribution in [-0.2, 0) is 6.18 Å². The van der Waals surface area contributed by atoms with E-state index >= 15 is 0 Å². The number of hydrogen-bond acceptors (Lipinski definition) is 8. The van der Waals surface area contributed by atoms with Gasteiger partial charge in [0.15, 0.2) is 0 Å². The normalized spacial score (nSPS) is 19.2. The minimum atomic E-state index is -4.51. The van der Waals surface area contributed by atoms with Crippen LogP contribution >= 0.6 is 0 Å². The predicted molar refractivity (Wildman–Crippen MR) is 137 cm³/mol. The summed E-state index contributed by atoms with van der Waals surface area (Å²) in [5, 5.41) is 7.03. The minimum absolute atomic E-state index is 0.180. The number of fused-ring (bicyclic) bond motifs is 1. The van der Waals surface area contributed by atoms with Crippen molar-refractivity contribution < 1.29 is 13.2 Å². The maximum atomic E-state index is 13.2. The molecule has 0 amide bonds. The Hall–Kier alpha value is -3.93. The first-order valence-corrected chi connectivity index (χ1v) is 12.0. The van der Waals surface area contributed by atoms with Crippen LogP contribution in [0.5, 0.6) is 0 Å². The van der Waals surface area contributed by atoms with E-state index in [9.17, 15) is 13.2 Å². The SMILES string of the molecule is C[C@@H]1CN(c2ccc([C@@H](C)Nc3ncc(N)c(-c4c[nH]c5ncc(C(F)(F)F)cc45)n3)cn2)C[C@H](C)N1. The summed E-state index contributed by atoms with van der Waals surface area (Å²) in [6.45, 7) is 8.05. The van der Waals surface area contributed by atoms with Crippen molar-refractivity contribution in [2.45, 2.75) is 45.1 Å². The van der Waals surface area contributed by atoms with E-state index in [1.165, 1.54) is 6.20 Å². The third kappa shape index (κ3) is 5.15. The largest absolute Gasteiger partial charge is 0.417 e. The van der Waals surface area contributed by atoms with Crippen molar-refractivity contribution in [2.24, 2.45) is 0 Å². The lowest BCUT2D eigenvalue weighted by atomic mass is 10.1. The van der Waals surface area contributed by atoms with E-state index in [0.29, 0.717) is 34.9 Å². The molecule has 0 saturated carbocycles. The van der Waals surface area contributed by atoms with Gasteiger partial charge in [0.2, 0.25) is 5.95 Å². The summed E-state index contributed by atoms with van der Waals surface area (Å²) in [4.78, 5) is 22.5. The zero-order valence-electron chi connectivity index (χ0n) is 20.6. The molecule has 0 aliphatic carbocycles. The van der Waals surface area contributed by atoms with Crippen molar-refractivity contribution in [1.29, 1.82) is 0 Å². The number of hydrogen-bond donors (Lipinski definition) is 4. The first-order chi connectivity index (χ1) is 17.6. The van der Waals surface area contributed by atoms with E-state index in [2.05, 4.69) is 54.3 Å². The highest BCUT2D eigenvalue weighted by molar-refractivity contribution is 5.95. The highest BCUT2D eigenvalue weighted by atomic mass is 19.4. The number of alkyl halides is 3. The van der Waals surface area contributed by atoms with Gasteiger partial charge in [0, 0.05) is 54.7 Å². The number of nitrogens with two attached hydrogens (primary N) is 1. The molecule has 194 valence electrons. The summed E-state index contributed by atoms with van der Waals surface area (Å²) in [5.74, 6) is 1.22. The van der Waals surface area contributed by atoms with Gasteiger partial charge in [-0.25, -0.2) is 19.9 Å². The number of aromatic amines is 1.